The zero-order valence-electron chi connectivity index (χ0n) is 16.5. The third kappa shape index (κ3) is 3.63. The van der Waals surface area contributed by atoms with Crippen LogP contribution in [0.1, 0.15) is 47.7 Å². The Morgan fingerprint density at radius 1 is 1.14 bits per heavy atom. The van der Waals surface area contributed by atoms with E-state index in [0.29, 0.717) is 17.2 Å². The normalized spacial score (nSPS) is 20.1. The van der Waals surface area contributed by atoms with Gasteiger partial charge in [0, 0.05) is 18.5 Å². The Hall–Kier alpha value is -2.77. The van der Waals surface area contributed by atoms with E-state index in [4.69, 9.17) is 4.74 Å². The van der Waals surface area contributed by atoms with Crippen LogP contribution >= 0.6 is 0 Å². The first-order chi connectivity index (χ1) is 13.7. The maximum Gasteiger partial charge on any atom is 0.410 e. The monoisotopic (exact) mass is 403 g/mol. The number of hydrogen-bond acceptors (Lipinski definition) is 4. The van der Waals surface area contributed by atoms with Gasteiger partial charge in [-0.25, -0.2) is 18.6 Å². The van der Waals surface area contributed by atoms with Crippen molar-refractivity contribution in [2.45, 2.75) is 51.1 Å². The molecule has 0 radical (unpaired) electrons. The molecule has 0 N–H and O–H groups in total. The molecule has 2 heterocycles. The Kier molecular flexibility index (Phi) is 4.67. The molecule has 1 aliphatic carbocycles. The van der Waals surface area contributed by atoms with Crippen molar-refractivity contribution in [3.8, 4) is 5.69 Å². The second-order valence-electron chi connectivity index (χ2n) is 7.95. The van der Waals surface area contributed by atoms with Gasteiger partial charge in [0.25, 0.3) is 0 Å². The number of carbonyl (C=O) groups excluding carboxylic acids is 2. The molecule has 0 bridgehead atoms. The summed E-state index contributed by atoms with van der Waals surface area (Å²) in [6.45, 7) is 3.61. The molecule has 8 heteroatoms. The Balaban J connectivity index is 1.50. The summed E-state index contributed by atoms with van der Waals surface area (Å²) in [5, 5.41) is 0. The third-order valence-corrected chi connectivity index (χ3v) is 5.82. The number of amides is 1. The predicted molar refractivity (Wildman–Crippen MR) is 102 cm³/mol. The molecule has 6 nitrogen and oxygen atoms in total. The summed E-state index contributed by atoms with van der Waals surface area (Å²) in [4.78, 5) is 30.9. The van der Waals surface area contributed by atoms with E-state index in [-0.39, 0.29) is 44.6 Å². The second kappa shape index (κ2) is 6.93. The maximum atomic E-state index is 13.5. The van der Waals surface area contributed by atoms with Gasteiger partial charge < -0.3 is 9.30 Å². The number of carbonyl (C=O) groups is 2. The van der Waals surface area contributed by atoms with Gasteiger partial charge in [0.05, 0.1) is 18.8 Å². The van der Waals surface area contributed by atoms with Crippen LogP contribution in [0.5, 0.6) is 0 Å². The number of aryl methyl sites for hydroxylation is 1. The van der Waals surface area contributed by atoms with Crippen molar-refractivity contribution < 1.29 is 23.1 Å². The number of alkyl halides is 2. The summed E-state index contributed by atoms with van der Waals surface area (Å²) < 4.78 is 34.3. The Morgan fingerprint density at radius 2 is 1.79 bits per heavy atom. The standard InChI is InChI=1S/C21H23F2N3O3/c1-14-18(24-15(2)26(14)16-6-4-3-5-7-16)17(27)12-25-13-20(29-19(25)28)8-10-21(22,23)11-9-20/h3-7H,8-13H2,1-2H3. The molecule has 154 valence electrons. The minimum atomic E-state index is -2.71. The molecule has 4 rings (SSSR count). The minimum absolute atomic E-state index is 0.108. The smallest absolute Gasteiger partial charge is 0.410 e. The maximum absolute atomic E-state index is 13.5. The SMILES string of the molecule is Cc1nc(C(=O)CN2CC3(CCC(F)(F)CC3)OC2=O)c(C)n1-c1ccccc1. The van der Waals surface area contributed by atoms with E-state index in [1.165, 1.54) is 4.90 Å². The van der Waals surface area contributed by atoms with Crippen LogP contribution in [0.4, 0.5) is 13.6 Å². The van der Waals surface area contributed by atoms with E-state index in [1.54, 1.807) is 0 Å². The lowest BCUT2D eigenvalue weighted by atomic mass is 9.83. The molecule has 0 unspecified atom stereocenters. The number of imidazole rings is 1. The average Bonchev–Trinajstić information content (AvgIpc) is 3.15. The van der Waals surface area contributed by atoms with Crippen molar-refractivity contribution in [1.82, 2.24) is 14.5 Å². The lowest BCUT2D eigenvalue weighted by molar-refractivity contribution is -0.0910. The molecule has 1 spiro atoms. The fourth-order valence-corrected chi connectivity index (χ4v) is 4.26. The molecule has 0 atom stereocenters. The highest BCUT2D eigenvalue weighted by Gasteiger charge is 2.51. The van der Waals surface area contributed by atoms with Gasteiger partial charge >= 0.3 is 6.09 Å². The van der Waals surface area contributed by atoms with E-state index >= 15 is 0 Å². The van der Waals surface area contributed by atoms with Crippen molar-refractivity contribution in [1.29, 1.82) is 0 Å². The first kappa shape index (κ1) is 19.5. The number of rotatable bonds is 4. The molecule has 1 aliphatic heterocycles. The molecular weight excluding hydrogens is 380 g/mol. The summed E-state index contributed by atoms with van der Waals surface area (Å²) in [6, 6.07) is 9.58. The molecule has 1 aromatic carbocycles. The fraction of sp³-hybridized carbons (Fsp3) is 0.476. The highest BCUT2D eigenvalue weighted by Crippen LogP contribution is 2.43. The van der Waals surface area contributed by atoms with Crippen molar-refractivity contribution in [3.63, 3.8) is 0 Å². The summed E-state index contributed by atoms with van der Waals surface area (Å²) in [7, 11) is 0. The van der Waals surface area contributed by atoms with Crippen LogP contribution in [0.2, 0.25) is 0 Å². The lowest BCUT2D eigenvalue weighted by Gasteiger charge is -2.34. The first-order valence-electron chi connectivity index (χ1n) is 9.70. The van der Waals surface area contributed by atoms with E-state index < -0.39 is 17.6 Å². The minimum Gasteiger partial charge on any atom is -0.441 e. The number of hydrogen-bond donors (Lipinski definition) is 0. The van der Waals surface area contributed by atoms with Crippen molar-refractivity contribution >= 4 is 11.9 Å². The van der Waals surface area contributed by atoms with Gasteiger partial charge in [0.15, 0.2) is 0 Å². The largest absolute Gasteiger partial charge is 0.441 e. The van der Waals surface area contributed by atoms with Gasteiger partial charge in [0.1, 0.15) is 17.1 Å². The van der Waals surface area contributed by atoms with E-state index in [1.807, 2.05) is 48.7 Å². The summed E-state index contributed by atoms with van der Waals surface area (Å²) in [5.74, 6) is -2.33. The first-order valence-corrected chi connectivity index (χ1v) is 9.70. The molecule has 1 saturated carbocycles. The molecule has 2 fully saturated rings. The van der Waals surface area contributed by atoms with Gasteiger partial charge in [0.2, 0.25) is 11.7 Å². The van der Waals surface area contributed by atoms with Crippen LogP contribution in [0, 0.1) is 13.8 Å². The average molecular weight is 403 g/mol. The van der Waals surface area contributed by atoms with Gasteiger partial charge in [-0.05, 0) is 38.8 Å². The zero-order chi connectivity index (χ0) is 20.8. The molecule has 29 heavy (non-hydrogen) atoms. The van der Waals surface area contributed by atoms with Crippen LogP contribution in [0.15, 0.2) is 30.3 Å². The van der Waals surface area contributed by atoms with Gasteiger partial charge in [-0.3, -0.25) is 9.69 Å². The van der Waals surface area contributed by atoms with Gasteiger partial charge in [-0.15, -0.1) is 0 Å². The summed E-state index contributed by atoms with van der Waals surface area (Å²) >= 11 is 0. The number of benzene rings is 1. The summed E-state index contributed by atoms with van der Waals surface area (Å²) in [5.41, 5.74) is 0.984. The van der Waals surface area contributed by atoms with E-state index in [2.05, 4.69) is 4.98 Å². The predicted octanol–water partition coefficient (Wildman–Crippen LogP) is 4.07. The molecule has 1 saturated heterocycles. The van der Waals surface area contributed by atoms with Crippen LogP contribution in [-0.4, -0.2) is 50.9 Å². The van der Waals surface area contributed by atoms with Crippen LogP contribution in [-0.2, 0) is 4.74 Å². The van der Waals surface area contributed by atoms with Crippen LogP contribution < -0.4 is 0 Å². The van der Waals surface area contributed by atoms with E-state index in [9.17, 15) is 18.4 Å². The number of ether oxygens (including phenoxy) is 1. The fourth-order valence-electron chi connectivity index (χ4n) is 4.26. The summed E-state index contributed by atoms with van der Waals surface area (Å²) in [6.07, 6.45) is -1.02. The quantitative estimate of drug-likeness (QED) is 0.722. The van der Waals surface area contributed by atoms with E-state index in [0.717, 1.165) is 5.69 Å². The molecule has 1 aromatic heterocycles. The van der Waals surface area contributed by atoms with Crippen molar-refractivity contribution in [2.24, 2.45) is 0 Å². The number of halogens is 2. The number of nitrogens with zero attached hydrogens (tertiary/aromatic N) is 3. The van der Waals surface area contributed by atoms with Gasteiger partial charge in [-0.2, -0.15) is 0 Å². The third-order valence-electron chi connectivity index (χ3n) is 5.82. The molecule has 1 amide bonds. The second-order valence-corrected chi connectivity index (χ2v) is 7.95. The highest BCUT2D eigenvalue weighted by atomic mass is 19.3. The molecular formula is C21H23F2N3O3. The zero-order valence-corrected chi connectivity index (χ0v) is 16.5. The number of aromatic nitrogens is 2. The molecule has 2 aromatic rings. The van der Waals surface area contributed by atoms with Crippen molar-refractivity contribution in [2.75, 3.05) is 13.1 Å². The highest BCUT2D eigenvalue weighted by molar-refractivity contribution is 5.98. The van der Waals surface area contributed by atoms with Gasteiger partial charge in [-0.1, -0.05) is 18.2 Å². The number of Topliss-reactive ketones (excluding diaryl/α,β-unsaturated/α-hetero) is 1. The number of ketones is 1. The molecule has 2 aliphatic rings. The Bertz CT molecular complexity index is 946. The van der Waals surface area contributed by atoms with Crippen molar-refractivity contribution in [3.05, 3.63) is 47.5 Å². The topological polar surface area (TPSA) is 64.4 Å². The Labute approximate surface area is 167 Å². The lowest BCUT2D eigenvalue weighted by Crippen LogP contribution is -2.42. The number of para-hydroxylation sites is 1. The Morgan fingerprint density at radius 3 is 2.45 bits per heavy atom. The van der Waals surface area contributed by atoms with Crippen LogP contribution in [0.25, 0.3) is 5.69 Å². The van der Waals surface area contributed by atoms with Crippen LogP contribution in [0.3, 0.4) is 0 Å².